The fraction of sp³-hybridized carbons (Fsp3) is 0.381. The molecule has 5 nitrogen and oxygen atoms in total. The summed E-state index contributed by atoms with van der Waals surface area (Å²) in [4.78, 5) is 23.0. The van der Waals surface area contributed by atoms with Gasteiger partial charge in [-0.1, -0.05) is 6.92 Å². The standard InChI is InChI=1S/C21H22FN3O2/c1-3-15-9-18-19(24-21(15)26)8-14(10-23-18)11-25-12-20(13(25)2)27-17-6-4-16(22)5-7-17/h4-10,13,18,20H,3,11-12H2,1-2H3/t13-,18?,20+/m1/s1. The average Bonchev–Trinajstić information content (AvgIpc) is 2.67. The van der Waals surface area contributed by atoms with Gasteiger partial charge in [0, 0.05) is 30.9 Å². The van der Waals surface area contributed by atoms with Gasteiger partial charge in [0.05, 0.1) is 5.71 Å². The molecule has 3 aliphatic heterocycles. The predicted molar refractivity (Wildman–Crippen MR) is 103 cm³/mol. The smallest absolute Gasteiger partial charge is 0.272 e. The van der Waals surface area contributed by atoms with Crippen molar-refractivity contribution in [2.75, 3.05) is 13.1 Å². The highest BCUT2D eigenvalue weighted by Gasteiger charge is 2.37. The Morgan fingerprint density at radius 2 is 2.07 bits per heavy atom. The lowest BCUT2D eigenvalue weighted by atomic mass is 9.96. The summed E-state index contributed by atoms with van der Waals surface area (Å²) in [5, 5.41) is 0. The van der Waals surface area contributed by atoms with Crippen LogP contribution in [0.5, 0.6) is 5.75 Å². The van der Waals surface area contributed by atoms with Crippen LogP contribution >= 0.6 is 0 Å². The van der Waals surface area contributed by atoms with Crippen molar-refractivity contribution in [3.8, 4) is 5.75 Å². The van der Waals surface area contributed by atoms with Crippen LogP contribution in [0.4, 0.5) is 4.39 Å². The molecule has 6 heteroatoms. The molecule has 0 radical (unpaired) electrons. The normalized spacial score (nSPS) is 27.3. The van der Waals surface area contributed by atoms with E-state index in [0.717, 1.165) is 29.9 Å². The first-order chi connectivity index (χ1) is 13.0. The third-order valence-corrected chi connectivity index (χ3v) is 5.30. The Morgan fingerprint density at radius 3 is 2.78 bits per heavy atom. The Hall–Kier alpha value is -2.60. The number of hydrogen-bond donors (Lipinski definition) is 0. The summed E-state index contributed by atoms with van der Waals surface area (Å²) in [6.45, 7) is 5.59. The van der Waals surface area contributed by atoms with Gasteiger partial charge in [0.1, 0.15) is 23.7 Å². The van der Waals surface area contributed by atoms with E-state index in [1.807, 2.05) is 25.3 Å². The molecule has 3 atom stereocenters. The monoisotopic (exact) mass is 367 g/mol. The lowest BCUT2D eigenvalue weighted by molar-refractivity contribution is -0.114. The summed E-state index contributed by atoms with van der Waals surface area (Å²) in [5.74, 6) is 0.266. The van der Waals surface area contributed by atoms with Crippen LogP contribution in [0.15, 0.2) is 57.5 Å². The van der Waals surface area contributed by atoms with Crippen molar-refractivity contribution >= 4 is 17.8 Å². The maximum absolute atomic E-state index is 13.0. The van der Waals surface area contributed by atoms with Crippen molar-refractivity contribution in [2.24, 2.45) is 9.98 Å². The Bertz CT molecular complexity index is 870. The molecule has 27 heavy (non-hydrogen) atoms. The third-order valence-electron chi connectivity index (χ3n) is 5.30. The van der Waals surface area contributed by atoms with Gasteiger partial charge < -0.3 is 4.74 Å². The number of amides is 1. The molecule has 0 aliphatic carbocycles. The molecule has 4 rings (SSSR count). The molecular formula is C21H22FN3O2. The van der Waals surface area contributed by atoms with E-state index in [-0.39, 0.29) is 29.9 Å². The minimum absolute atomic E-state index is 0.0768. The fourth-order valence-electron chi connectivity index (χ4n) is 3.51. The fourth-order valence-corrected chi connectivity index (χ4v) is 3.51. The zero-order valence-corrected chi connectivity index (χ0v) is 15.4. The van der Waals surface area contributed by atoms with Gasteiger partial charge in [-0.3, -0.25) is 14.7 Å². The summed E-state index contributed by atoms with van der Waals surface area (Å²) >= 11 is 0. The van der Waals surface area contributed by atoms with Crippen molar-refractivity contribution in [2.45, 2.75) is 38.5 Å². The summed E-state index contributed by atoms with van der Waals surface area (Å²) in [6, 6.07) is 6.21. The zero-order chi connectivity index (χ0) is 19.0. The first kappa shape index (κ1) is 17.8. The van der Waals surface area contributed by atoms with Crippen LogP contribution in [0.1, 0.15) is 20.3 Å². The molecular weight excluding hydrogens is 345 g/mol. The van der Waals surface area contributed by atoms with Gasteiger partial charge in [0.25, 0.3) is 5.91 Å². The SMILES string of the molecule is CCC1=CC2N=CC(CN3C[C@H](Oc4ccc(F)cc4)[C@H]3C)=CC2=NC1=O. The number of halogens is 1. The van der Waals surface area contributed by atoms with E-state index in [4.69, 9.17) is 4.74 Å². The number of benzene rings is 1. The molecule has 3 heterocycles. The van der Waals surface area contributed by atoms with Crippen molar-refractivity contribution in [3.05, 3.63) is 53.4 Å². The highest BCUT2D eigenvalue weighted by atomic mass is 19.1. The lowest BCUT2D eigenvalue weighted by Crippen LogP contribution is -2.61. The van der Waals surface area contributed by atoms with E-state index in [1.165, 1.54) is 12.1 Å². The van der Waals surface area contributed by atoms with Crippen LogP contribution in [0.2, 0.25) is 0 Å². The number of fused-ring (bicyclic) bond motifs is 1. The molecule has 140 valence electrons. The third kappa shape index (κ3) is 3.62. The van der Waals surface area contributed by atoms with E-state index < -0.39 is 0 Å². The van der Waals surface area contributed by atoms with Gasteiger partial charge in [0.15, 0.2) is 0 Å². The molecule has 0 aromatic heterocycles. The molecule has 1 amide bonds. The van der Waals surface area contributed by atoms with Gasteiger partial charge in [-0.2, -0.15) is 0 Å². The van der Waals surface area contributed by atoms with E-state index in [1.54, 1.807) is 12.1 Å². The highest BCUT2D eigenvalue weighted by Crippen LogP contribution is 2.26. The number of dihydropyridines is 2. The quantitative estimate of drug-likeness (QED) is 0.804. The number of rotatable bonds is 5. The lowest BCUT2D eigenvalue weighted by Gasteiger charge is -2.46. The number of likely N-dealkylation sites (tertiary alicyclic amines) is 1. The number of aliphatic imine (C=N–C) groups is 2. The summed E-state index contributed by atoms with van der Waals surface area (Å²) < 4.78 is 18.9. The van der Waals surface area contributed by atoms with E-state index >= 15 is 0 Å². The number of carbonyl (C=O) groups is 1. The van der Waals surface area contributed by atoms with Crippen LogP contribution in [-0.2, 0) is 4.79 Å². The molecule has 1 aromatic carbocycles. The molecule has 0 N–H and O–H groups in total. The number of hydrogen-bond acceptors (Lipinski definition) is 4. The molecule has 0 bridgehead atoms. The van der Waals surface area contributed by atoms with E-state index in [0.29, 0.717) is 12.2 Å². The van der Waals surface area contributed by atoms with Gasteiger partial charge in [-0.15, -0.1) is 0 Å². The first-order valence-corrected chi connectivity index (χ1v) is 9.27. The van der Waals surface area contributed by atoms with Gasteiger partial charge in [0.2, 0.25) is 0 Å². The molecule has 3 aliphatic rings. The molecule has 1 unspecified atom stereocenters. The Kier molecular flexibility index (Phi) is 4.74. The van der Waals surface area contributed by atoms with Crippen molar-refractivity contribution in [1.29, 1.82) is 0 Å². The topological polar surface area (TPSA) is 54.3 Å². The van der Waals surface area contributed by atoms with E-state index in [9.17, 15) is 9.18 Å². The van der Waals surface area contributed by atoms with Gasteiger partial charge in [-0.25, -0.2) is 9.38 Å². The maximum atomic E-state index is 13.0. The summed E-state index contributed by atoms with van der Waals surface area (Å²) in [5.41, 5.74) is 2.50. The van der Waals surface area contributed by atoms with Crippen LogP contribution in [0.3, 0.4) is 0 Å². The Balaban J connectivity index is 1.35. The second-order valence-electron chi connectivity index (χ2n) is 7.11. The average molecular weight is 367 g/mol. The number of nitrogens with zero attached hydrogens (tertiary/aromatic N) is 3. The minimum atomic E-state index is -0.266. The Morgan fingerprint density at radius 1 is 1.30 bits per heavy atom. The number of carbonyl (C=O) groups excluding carboxylic acids is 1. The van der Waals surface area contributed by atoms with Crippen LogP contribution in [0, 0.1) is 5.82 Å². The highest BCUT2D eigenvalue weighted by molar-refractivity contribution is 6.16. The molecule has 1 saturated heterocycles. The molecule has 0 spiro atoms. The zero-order valence-electron chi connectivity index (χ0n) is 15.4. The molecule has 0 saturated carbocycles. The largest absolute Gasteiger partial charge is 0.487 e. The Labute approximate surface area is 157 Å². The molecule has 1 fully saturated rings. The van der Waals surface area contributed by atoms with Crippen molar-refractivity contribution < 1.29 is 13.9 Å². The number of ether oxygens (including phenoxy) is 1. The van der Waals surface area contributed by atoms with Gasteiger partial charge in [-0.05, 0) is 55.3 Å². The van der Waals surface area contributed by atoms with Crippen LogP contribution in [-0.4, -0.2) is 54.0 Å². The van der Waals surface area contributed by atoms with Crippen LogP contribution in [0.25, 0.3) is 0 Å². The second-order valence-corrected chi connectivity index (χ2v) is 7.11. The summed E-state index contributed by atoms with van der Waals surface area (Å²) in [7, 11) is 0. The second kappa shape index (κ2) is 7.19. The predicted octanol–water partition coefficient (Wildman–Crippen LogP) is 2.97. The van der Waals surface area contributed by atoms with Gasteiger partial charge >= 0.3 is 0 Å². The first-order valence-electron chi connectivity index (χ1n) is 9.27. The summed E-state index contributed by atoms with van der Waals surface area (Å²) in [6.07, 6.45) is 6.52. The maximum Gasteiger partial charge on any atom is 0.272 e. The minimum Gasteiger partial charge on any atom is -0.487 e. The van der Waals surface area contributed by atoms with E-state index in [2.05, 4.69) is 21.8 Å². The van der Waals surface area contributed by atoms with Crippen LogP contribution < -0.4 is 4.74 Å². The van der Waals surface area contributed by atoms with Crippen molar-refractivity contribution in [3.63, 3.8) is 0 Å². The van der Waals surface area contributed by atoms with Crippen molar-refractivity contribution in [1.82, 2.24) is 4.90 Å². The molecule has 1 aromatic rings.